The highest BCUT2D eigenvalue weighted by Crippen LogP contribution is 2.44. The molecule has 6 aromatic rings. The molecule has 2 aliphatic rings. The van der Waals surface area contributed by atoms with Gasteiger partial charge in [-0.15, -0.1) is 0 Å². The van der Waals surface area contributed by atoms with E-state index in [4.69, 9.17) is 43.9 Å². The fourth-order valence-electron chi connectivity index (χ4n) is 14.4. The van der Waals surface area contributed by atoms with Crippen LogP contribution < -0.4 is 4.74 Å². The number of aromatic nitrogens is 3. The van der Waals surface area contributed by atoms with Crippen LogP contribution in [-0.4, -0.2) is 114 Å². The van der Waals surface area contributed by atoms with Crippen molar-refractivity contribution in [2.75, 3.05) is 33.5 Å². The van der Waals surface area contributed by atoms with Crippen molar-refractivity contribution in [1.29, 1.82) is 0 Å². The number of phenolic OH excluding ortho intramolecular Hbond substituents is 1. The Morgan fingerprint density at radius 3 is 1.43 bits per heavy atom. The molecule has 101 heavy (non-hydrogen) atoms. The summed E-state index contributed by atoms with van der Waals surface area (Å²) in [5.41, 5.74) is 5.33. The molecule has 0 radical (unpaired) electrons. The molecule has 0 spiro atoms. The lowest BCUT2D eigenvalue weighted by molar-refractivity contribution is -0.306. The number of phenols is 1. The van der Waals surface area contributed by atoms with Crippen molar-refractivity contribution in [3.8, 4) is 67.9 Å². The van der Waals surface area contributed by atoms with Gasteiger partial charge < -0.3 is 29.3 Å². The van der Waals surface area contributed by atoms with Crippen LogP contribution in [0.2, 0.25) is 0 Å². The summed E-state index contributed by atoms with van der Waals surface area (Å²) in [6.07, 6.45) is 27.2. The number of carbonyl (C=O) groups excluding carboxylic acids is 2. The van der Waals surface area contributed by atoms with Gasteiger partial charge in [0.05, 0.1) is 44.7 Å². The topological polar surface area (TPSA) is 175 Å². The van der Waals surface area contributed by atoms with Gasteiger partial charge in [0.25, 0.3) is 0 Å². The predicted octanol–water partition coefficient (Wildman–Crippen LogP) is 21.4. The van der Waals surface area contributed by atoms with Crippen LogP contribution in [-0.2, 0) is 33.8 Å². The lowest BCUT2D eigenvalue weighted by Crippen LogP contribution is -2.62. The van der Waals surface area contributed by atoms with Gasteiger partial charge >= 0.3 is 5.97 Å². The fourth-order valence-corrected chi connectivity index (χ4v) is 14.4. The van der Waals surface area contributed by atoms with E-state index in [1.54, 1.807) is 40.0 Å². The number of hydroxylamine groups is 4. The van der Waals surface area contributed by atoms with E-state index in [0.29, 0.717) is 73.3 Å². The number of carbonyl (C=O) groups is 2. The number of aromatic hydroxyl groups is 1. The summed E-state index contributed by atoms with van der Waals surface area (Å²) >= 11 is 0. The second-order valence-corrected chi connectivity index (χ2v) is 31.5. The maximum absolute atomic E-state index is 12.5. The summed E-state index contributed by atoms with van der Waals surface area (Å²) in [5, 5.41) is 25.2. The first-order valence-corrected chi connectivity index (χ1v) is 38.1. The van der Waals surface area contributed by atoms with Gasteiger partial charge in [-0.25, -0.2) is 24.7 Å². The first-order valence-electron chi connectivity index (χ1n) is 38.1. The Bertz CT molecular complexity index is 3200. The summed E-state index contributed by atoms with van der Waals surface area (Å²) < 4.78 is 11.8. The van der Waals surface area contributed by atoms with Crippen LogP contribution in [0.5, 0.6) is 11.5 Å². The van der Waals surface area contributed by atoms with E-state index in [1.807, 2.05) is 71.8 Å². The summed E-state index contributed by atoms with van der Waals surface area (Å²) in [4.78, 5) is 59.9. The van der Waals surface area contributed by atoms with Gasteiger partial charge in [-0.3, -0.25) is 9.63 Å². The first-order chi connectivity index (χ1) is 48.1. The lowest BCUT2D eigenvalue weighted by Gasteiger charge is -2.53. The number of piperidine rings is 2. The first kappa shape index (κ1) is 83.5. The highest BCUT2D eigenvalue weighted by atomic mass is 17.2. The number of aliphatic hydroxyl groups is 1. The predicted molar refractivity (Wildman–Crippen MR) is 411 cm³/mol. The molecule has 0 saturated carbocycles. The summed E-state index contributed by atoms with van der Waals surface area (Å²) in [6, 6.07) is 42.2. The molecule has 3 heterocycles. The van der Waals surface area contributed by atoms with E-state index in [-0.39, 0.29) is 52.4 Å². The molecule has 0 aliphatic carbocycles. The van der Waals surface area contributed by atoms with Crippen LogP contribution in [0.3, 0.4) is 0 Å². The SMILES string of the molecule is CCC(C)COc1ccc(-c2nc(-c3ccc(-c4ccccc4)cc3)nc(-c3ccc(-c4ccccc4)cc3)n2)c(O)c1.CCCCCCCCCCCCCCCCCC(=O)OC1CC(C)(C)N(OCC(C)(C)O)C(C)(C)C1.CON1C(C)(C)CC(CCOOCCCC(C)=O)CC1(C)C. The number of rotatable bonds is 38. The van der Waals surface area contributed by atoms with Gasteiger partial charge in [-0.2, -0.15) is 10.1 Å². The number of hydrogen-bond donors (Lipinski definition) is 2. The standard InChI is InChI=1S/C38H33N3O2.C31H61NO4.C17H33NO4/c1-3-26(2)25-43-33-22-23-34(35(42)24-33)38-40-36(31-18-14-29(15-19-31)27-10-6-4-7-11-27)39-37(41-38)32-20-16-30(17-21-32)28-12-8-5-9-13-28;1-8-9-10-11-12-13-14-15-16-17-18-19-20-21-22-23-28(33)36-27-24-29(2,3)32(30(4,5)25-27)35-26-31(6,7)34;1-14(19)8-7-10-21-22-11-9-15-12-16(2,3)18(20-6)17(4,5)13-15/h4-24,26,42H,3,25H2,1-2H3;27,34H,8-26H2,1-7H3;15H,7-13H2,1-6H3. The molecule has 556 valence electrons. The minimum atomic E-state index is -0.886. The highest BCUT2D eigenvalue weighted by Gasteiger charge is 2.49. The molecule has 15 heteroatoms. The van der Waals surface area contributed by atoms with Gasteiger partial charge in [-0.05, 0) is 154 Å². The Kier molecular flexibility index (Phi) is 34.5. The zero-order chi connectivity index (χ0) is 73.5. The van der Waals surface area contributed by atoms with Crippen LogP contribution in [0.15, 0.2) is 127 Å². The molecule has 1 aromatic heterocycles. The van der Waals surface area contributed by atoms with Crippen molar-refractivity contribution in [2.45, 2.75) is 285 Å². The number of hydrogen-bond acceptors (Lipinski definition) is 15. The number of benzene rings is 5. The second-order valence-electron chi connectivity index (χ2n) is 31.5. The van der Waals surface area contributed by atoms with Gasteiger partial charge in [0, 0.05) is 65.0 Å². The van der Waals surface area contributed by atoms with Crippen molar-refractivity contribution in [3.63, 3.8) is 0 Å². The van der Waals surface area contributed by atoms with Crippen molar-refractivity contribution in [3.05, 3.63) is 127 Å². The third-order valence-electron chi connectivity index (χ3n) is 19.3. The van der Waals surface area contributed by atoms with Crippen LogP contribution in [0.25, 0.3) is 56.4 Å². The average molecular weight is 1390 g/mol. The Morgan fingerprint density at radius 1 is 0.545 bits per heavy atom. The number of Topliss-reactive ketones (excluding diaryl/α,β-unsaturated/α-hetero) is 1. The molecule has 8 rings (SSSR count). The van der Waals surface area contributed by atoms with E-state index < -0.39 is 5.60 Å². The Labute approximate surface area is 608 Å². The maximum Gasteiger partial charge on any atom is 0.306 e. The minimum Gasteiger partial charge on any atom is -0.507 e. The van der Waals surface area contributed by atoms with E-state index in [2.05, 4.69) is 130 Å². The Morgan fingerprint density at radius 2 is 0.980 bits per heavy atom. The van der Waals surface area contributed by atoms with Crippen molar-refractivity contribution in [2.24, 2.45) is 11.8 Å². The molecular formula is C86H127N5O10. The summed E-state index contributed by atoms with van der Waals surface area (Å²) in [5.74, 6) is 3.28. The second kappa shape index (κ2) is 41.8. The monoisotopic (exact) mass is 1390 g/mol. The van der Waals surface area contributed by atoms with Gasteiger partial charge in [0.15, 0.2) is 17.5 Å². The number of ether oxygens (including phenoxy) is 2. The summed E-state index contributed by atoms with van der Waals surface area (Å²) in [6.45, 7) is 30.9. The molecule has 2 aliphatic heterocycles. The third kappa shape index (κ3) is 29.0. The minimum absolute atomic E-state index is 0.0174. The smallest absolute Gasteiger partial charge is 0.306 e. The molecule has 2 N–H and O–H groups in total. The van der Waals surface area contributed by atoms with Crippen LogP contribution in [0.4, 0.5) is 0 Å². The molecule has 15 nitrogen and oxygen atoms in total. The number of unbranched alkanes of at least 4 members (excludes halogenated alkanes) is 14. The normalized spacial score (nSPS) is 16.3. The molecule has 1 unspecified atom stereocenters. The van der Waals surface area contributed by atoms with Crippen LogP contribution in [0.1, 0.15) is 251 Å². The number of esters is 1. The molecule has 2 saturated heterocycles. The molecule has 0 amide bonds. The molecule has 1 atom stereocenters. The van der Waals surface area contributed by atoms with E-state index >= 15 is 0 Å². The van der Waals surface area contributed by atoms with Crippen molar-refractivity contribution < 1.29 is 48.7 Å². The van der Waals surface area contributed by atoms with Crippen LogP contribution in [0, 0.1) is 11.8 Å². The number of nitrogens with zero attached hydrogens (tertiary/aromatic N) is 5. The third-order valence-corrected chi connectivity index (χ3v) is 19.3. The highest BCUT2D eigenvalue weighted by molar-refractivity contribution is 5.75. The largest absolute Gasteiger partial charge is 0.507 e. The van der Waals surface area contributed by atoms with E-state index in [9.17, 15) is 19.8 Å². The van der Waals surface area contributed by atoms with Crippen molar-refractivity contribution >= 4 is 11.8 Å². The molecule has 0 bridgehead atoms. The lowest BCUT2D eigenvalue weighted by atomic mass is 9.74. The molecule has 2 fully saturated rings. The quantitative estimate of drug-likeness (QED) is 0.0162. The van der Waals surface area contributed by atoms with Gasteiger partial charge in [-0.1, -0.05) is 226 Å². The Hall–Kier alpha value is -6.43. The van der Waals surface area contributed by atoms with Gasteiger partial charge in [0.2, 0.25) is 0 Å². The molecular weight excluding hydrogens is 1260 g/mol. The maximum atomic E-state index is 12.5. The van der Waals surface area contributed by atoms with E-state index in [0.717, 1.165) is 91.2 Å². The van der Waals surface area contributed by atoms with Crippen LogP contribution >= 0.6 is 0 Å². The van der Waals surface area contributed by atoms with Gasteiger partial charge in [0.1, 0.15) is 23.4 Å². The van der Waals surface area contributed by atoms with Crippen molar-refractivity contribution in [1.82, 2.24) is 25.1 Å². The zero-order valence-corrected chi connectivity index (χ0v) is 64.6. The molecule has 5 aromatic carbocycles. The zero-order valence-electron chi connectivity index (χ0n) is 64.6. The fraction of sp³-hybridized carbons (Fsp3) is 0.593. The number of ketones is 1. The summed E-state index contributed by atoms with van der Waals surface area (Å²) in [7, 11) is 1.75. The Balaban J connectivity index is 0.000000251. The average Bonchev–Trinajstić information content (AvgIpc) is 0.772. The van der Waals surface area contributed by atoms with E-state index in [1.165, 1.54) is 83.5 Å².